The van der Waals surface area contributed by atoms with Gasteiger partial charge in [-0.1, -0.05) is 114 Å². The zero-order valence-corrected chi connectivity index (χ0v) is 31.4. The van der Waals surface area contributed by atoms with E-state index in [-0.39, 0.29) is 31.7 Å². The summed E-state index contributed by atoms with van der Waals surface area (Å²) in [5, 5.41) is 0. The minimum absolute atomic E-state index is 0.113. The van der Waals surface area contributed by atoms with Crippen LogP contribution in [0.2, 0.25) is 0 Å². The van der Waals surface area contributed by atoms with Crippen LogP contribution in [-0.4, -0.2) is 53.3 Å². The Morgan fingerprint density at radius 1 is 0.653 bits per heavy atom. The molecule has 282 valence electrons. The first kappa shape index (κ1) is 45.0. The molecule has 0 spiro atoms. The second-order valence-electron chi connectivity index (χ2n) is 12.9. The lowest BCUT2D eigenvalue weighted by atomic mass is 10.1. The van der Waals surface area contributed by atoms with Crippen molar-refractivity contribution in [3.63, 3.8) is 0 Å². The molecule has 1 aliphatic rings. The maximum absolute atomic E-state index is 12.4. The highest BCUT2D eigenvalue weighted by atomic mass is 31.2. The minimum atomic E-state index is -4.78. The standard InChI is InChI=1S/C39H67O9P/c1-3-5-7-9-11-13-15-17-19-21-23-25-27-31-38(40)45-33-35(34-46-49(42,43)44)47-39(41)32-28-30-37-36(48-37)29-26-24-22-20-18-16-14-12-10-8-6-4-2/h12-15,18,20,24,26,35-37H,3-11,16-17,19,21-23,25,27-34H2,1-2H3,(H2,42,43,44)/b14-12-,15-13-,20-18-,26-24-/t35-,36?,37?/m1/s1. The van der Waals surface area contributed by atoms with Crippen LogP contribution in [0.25, 0.3) is 0 Å². The second-order valence-corrected chi connectivity index (χ2v) is 14.2. The fourth-order valence-electron chi connectivity index (χ4n) is 5.28. The van der Waals surface area contributed by atoms with Crippen LogP contribution in [0.1, 0.15) is 155 Å². The van der Waals surface area contributed by atoms with Gasteiger partial charge in [-0.3, -0.25) is 14.1 Å². The molecule has 49 heavy (non-hydrogen) atoms. The molecular weight excluding hydrogens is 643 g/mol. The van der Waals surface area contributed by atoms with Gasteiger partial charge in [0.15, 0.2) is 6.10 Å². The van der Waals surface area contributed by atoms with Crippen LogP contribution in [0.15, 0.2) is 48.6 Å². The van der Waals surface area contributed by atoms with E-state index in [4.69, 9.17) is 24.0 Å². The third-order valence-electron chi connectivity index (χ3n) is 8.24. The van der Waals surface area contributed by atoms with Gasteiger partial charge in [0.2, 0.25) is 0 Å². The first-order valence-corrected chi connectivity index (χ1v) is 20.6. The Bertz CT molecular complexity index is 1000. The average Bonchev–Trinajstić information content (AvgIpc) is 3.82. The number of carbonyl (C=O) groups excluding carboxylic acids is 2. The lowest BCUT2D eigenvalue weighted by Gasteiger charge is -2.18. The van der Waals surface area contributed by atoms with Crippen molar-refractivity contribution in [1.82, 2.24) is 0 Å². The molecule has 0 aromatic rings. The van der Waals surface area contributed by atoms with Gasteiger partial charge in [-0.05, 0) is 77.0 Å². The van der Waals surface area contributed by atoms with Gasteiger partial charge < -0.3 is 24.0 Å². The van der Waals surface area contributed by atoms with E-state index in [0.717, 1.165) is 57.8 Å². The average molecular weight is 711 g/mol. The lowest BCUT2D eigenvalue weighted by molar-refractivity contribution is -0.161. The normalized spacial score (nSPS) is 17.1. The Kier molecular flexibility index (Phi) is 28.2. The molecule has 0 saturated carbocycles. The predicted molar refractivity (Wildman–Crippen MR) is 197 cm³/mol. The fourth-order valence-corrected chi connectivity index (χ4v) is 5.64. The first-order chi connectivity index (χ1) is 23.7. The van der Waals surface area contributed by atoms with Crippen molar-refractivity contribution in [1.29, 1.82) is 0 Å². The van der Waals surface area contributed by atoms with Gasteiger partial charge in [0.1, 0.15) is 6.61 Å². The molecule has 1 aliphatic heterocycles. The van der Waals surface area contributed by atoms with Crippen LogP contribution in [0.4, 0.5) is 0 Å². The number of rotatable bonds is 33. The monoisotopic (exact) mass is 710 g/mol. The summed E-state index contributed by atoms with van der Waals surface area (Å²) >= 11 is 0. The summed E-state index contributed by atoms with van der Waals surface area (Å²) < 4.78 is 32.0. The van der Waals surface area contributed by atoms with Crippen molar-refractivity contribution >= 4 is 19.8 Å². The first-order valence-electron chi connectivity index (χ1n) is 19.1. The van der Waals surface area contributed by atoms with E-state index in [1.54, 1.807) is 0 Å². The van der Waals surface area contributed by atoms with E-state index in [1.165, 1.54) is 51.4 Å². The molecule has 2 unspecified atom stereocenters. The van der Waals surface area contributed by atoms with E-state index in [0.29, 0.717) is 19.3 Å². The molecule has 0 aromatic heterocycles. The summed E-state index contributed by atoms with van der Waals surface area (Å²) in [5.74, 6) is -0.975. The molecule has 3 atom stereocenters. The summed E-state index contributed by atoms with van der Waals surface area (Å²) in [5.41, 5.74) is 0. The molecule has 1 saturated heterocycles. The molecule has 0 aromatic carbocycles. The number of hydrogen-bond donors (Lipinski definition) is 2. The van der Waals surface area contributed by atoms with Crippen LogP contribution >= 0.6 is 7.82 Å². The Morgan fingerprint density at radius 3 is 1.86 bits per heavy atom. The summed E-state index contributed by atoms with van der Waals surface area (Å²) in [7, 11) is -4.78. The molecular formula is C39H67O9P. The molecule has 10 heteroatoms. The molecule has 0 aliphatic carbocycles. The van der Waals surface area contributed by atoms with E-state index in [1.807, 2.05) is 0 Å². The number of phosphoric ester groups is 1. The summed E-state index contributed by atoms with van der Waals surface area (Å²) in [6, 6.07) is 0. The summed E-state index contributed by atoms with van der Waals surface area (Å²) in [6.45, 7) is 3.55. The highest BCUT2D eigenvalue weighted by molar-refractivity contribution is 7.46. The van der Waals surface area contributed by atoms with Gasteiger partial charge in [0.05, 0.1) is 18.8 Å². The highest BCUT2D eigenvalue weighted by Crippen LogP contribution is 2.36. The lowest BCUT2D eigenvalue weighted by Crippen LogP contribution is -2.29. The zero-order chi connectivity index (χ0) is 35.8. The zero-order valence-electron chi connectivity index (χ0n) is 30.5. The Balaban J connectivity index is 2.17. The number of ether oxygens (including phenoxy) is 3. The second kappa shape index (κ2) is 30.8. The topological polar surface area (TPSA) is 132 Å². The van der Waals surface area contributed by atoms with E-state index >= 15 is 0 Å². The molecule has 0 bridgehead atoms. The quantitative estimate of drug-likeness (QED) is 0.0224. The molecule has 0 amide bonds. The number of epoxide rings is 1. The number of carbonyl (C=O) groups is 2. The summed E-state index contributed by atoms with van der Waals surface area (Å²) in [4.78, 5) is 42.8. The van der Waals surface area contributed by atoms with Gasteiger partial charge in [-0.2, -0.15) is 0 Å². The van der Waals surface area contributed by atoms with Crippen LogP contribution in [0.5, 0.6) is 0 Å². The molecule has 2 N–H and O–H groups in total. The van der Waals surface area contributed by atoms with E-state index < -0.39 is 32.5 Å². The molecule has 1 rings (SSSR count). The molecule has 1 heterocycles. The van der Waals surface area contributed by atoms with Crippen LogP contribution in [0.3, 0.4) is 0 Å². The number of phosphoric acid groups is 1. The number of hydrogen-bond acceptors (Lipinski definition) is 7. The SMILES string of the molecule is CCCCC/C=C\C/C=C\C/C=C\CC1OC1CCCC(=O)O[C@H](COC(=O)CCCCCCC/C=C\CCCCCC)COP(=O)(O)O. The van der Waals surface area contributed by atoms with Crippen LogP contribution in [0, 0.1) is 0 Å². The number of esters is 2. The van der Waals surface area contributed by atoms with Gasteiger partial charge in [-0.25, -0.2) is 4.57 Å². The number of allylic oxidation sites excluding steroid dienone is 7. The van der Waals surface area contributed by atoms with Gasteiger partial charge in [0.25, 0.3) is 0 Å². The molecule has 1 fully saturated rings. The maximum atomic E-state index is 12.4. The van der Waals surface area contributed by atoms with E-state index in [9.17, 15) is 14.2 Å². The summed E-state index contributed by atoms with van der Waals surface area (Å²) in [6.07, 6.45) is 38.5. The van der Waals surface area contributed by atoms with Crippen LogP contribution in [-0.2, 0) is 32.9 Å². The Morgan fingerprint density at radius 2 is 1.18 bits per heavy atom. The Labute approximate surface area is 297 Å². The van der Waals surface area contributed by atoms with Gasteiger partial charge in [-0.15, -0.1) is 0 Å². The van der Waals surface area contributed by atoms with Gasteiger partial charge >= 0.3 is 19.8 Å². The van der Waals surface area contributed by atoms with Crippen molar-refractivity contribution in [3.05, 3.63) is 48.6 Å². The van der Waals surface area contributed by atoms with Crippen molar-refractivity contribution in [2.24, 2.45) is 0 Å². The fraction of sp³-hybridized carbons (Fsp3) is 0.744. The predicted octanol–water partition coefficient (Wildman–Crippen LogP) is 10.2. The smallest absolute Gasteiger partial charge is 0.462 e. The van der Waals surface area contributed by atoms with Crippen molar-refractivity contribution in [2.75, 3.05) is 13.2 Å². The molecule has 0 radical (unpaired) electrons. The maximum Gasteiger partial charge on any atom is 0.469 e. The minimum Gasteiger partial charge on any atom is -0.462 e. The van der Waals surface area contributed by atoms with Crippen molar-refractivity contribution in [3.8, 4) is 0 Å². The van der Waals surface area contributed by atoms with Crippen molar-refractivity contribution in [2.45, 2.75) is 173 Å². The van der Waals surface area contributed by atoms with Gasteiger partial charge in [0, 0.05) is 12.8 Å². The Hall–Kier alpha value is -2.03. The molecule has 9 nitrogen and oxygen atoms in total. The number of unbranched alkanes of at least 4 members (excludes halogenated alkanes) is 12. The third-order valence-corrected chi connectivity index (χ3v) is 8.73. The highest BCUT2D eigenvalue weighted by Gasteiger charge is 2.36. The van der Waals surface area contributed by atoms with Crippen molar-refractivity contribution < 1.29 is 42.7 Å². The van der Waals surface area contributed by atoms with E-state index in [2.05, 4.69) is 67.0 Å². The van der Waals surface area contributed by atoms with Crippen LogP contribution < -0.4 is 0 Å². The third kappa shape index (κ3) is 30.5. The largest absolute Gasteiger partial charge is 0.469 e.